The van der Waals surface area contributed by atoms with Gasteiger partial charge >= 0.3 is 5.97 Å². The molecule has 3 rings (SSSR count). The number of halogens is 1. The zero-order chi connectivity index (χ0) is 22.4. The van der Waals surface area contributed by atoms with Gasteiger partial charge in [0.2, 0.25) is 0 Å². The van der Waals surface area contributed by atoms with Crippen molar-refractivity contribution >= 4 is 34.8 Å². The summed E-state index contributed by atoms with van der Waals surface area (Å²) < 4.78 is 10.7. The molecule has 0 aliphatic carbocycles. The number of hydrogen-bond acceptors (Lipinski definition) is 6. The first kappa shape index (κ1) is 22.8. The minimum atomic E-state index is -0.805. The van der Waals surface area contributed by atoms with Crippen LogP contribution in [0, 0.1) is 5.92 Å². The van der Waals surface area contributed by atoms with E-state index in [9.17, 15) is 9.59 Å². The fourth-order valence-electron chi connectivity index (χ4n) is 2.86. The Kier molecular flexibility index (Phi) is 7.65. The predicted molar refractivity (Wildman–Crippen MR) is 121 cm³/mol. The van der Waals surface area contributed by atoms with Crippen molar-refractivity contribution in [3.05, 3.63) is 70.2 Å². The number of esters is 1. The number of amides is 1. The minimum Gasteiger partial charge on any atom is -0.497 e. The van der Waals surface area contributed by atoms with Crippen molar-refractivity contribution in [3.8, 4) is 16.3 Å². The fourth-order valence-corrected chi connectivity index (χ4v) is 3.88. The molecule has 1 heterocycles. The Balaban J connectivity index is 1.63. The molecule has 0 aliphatic rings. The lowest BCUT2D eigenvalue weighted by molar-refractivity contribution is -0.148. The third-order valence-corrected chi connectivity index (χ3v) is 5.83. The average Bonchev–Trinajstić information content (AvgIpc) is 3.25. The smallest absolute Gasteiger partial charge is 0.329 e. The van der Waals surface area contributed by atoms with Crippen molar-refractivity contribution in [2.75, 3.05) is 7.11 Å². The average molecular weight is 459 g/mol. The highest BCUT2D eigenvalue weighted by Gasteiger charge is 2.27. The molecule has 0 aliphatic heterocycles. The third kappa shape index (κ3) is 5.83. The number of hydrogen-bond donors (Lipinski definition) is 1. The number of nitrogens with zero attached hydrogens (tertiary/aromatic N) is 1. The Labute approximate surface area is 190 Å². The van der Waals surface area contributed by atoms with Crippen LogP contribution >= 0.6 is 22.9 Å². The van der Waals surface area contributed by atoms with Crippen LogP contribution < -0.4 is 10.1 Å². The van der Waals surface area contributed by atoms with Gasteiger partial charge in [0.25, 0.3) is 5.91 Å². The van der Waals surface area contributed by atoms with E-state index in [1.165, 1.54) is 11.3 Å². The molecular formula is C23H23ClN2O4S. The monoisotopic (exact) mass is 458 g/mol. The number of carbonyl (C=O) groups is 2. The summed E-state index contributed by atoms with van der Waals surface area (Å²) in [6.45, 7) is 3.69. The van der Waals surface area contributed by atoms with Crippen LogP contribution in [0.3, 0.4) is 0 Å². The number of nitrogens with one attached hydrogen (secondary N) is 1. The van der Waals surface area contributed by atoms with E-state index in [2.05, 4.69) is 10.3 Å². The first-order valence-corrected chi connectivity index (χ1v) is 11.0. The summed E-state index contributed by atoms with van der Waals surface area (Å²) in [6.07, 6.45) is 0. The Hall–Kier alpha value is -2.90. The topological polar surface area (TPSA) is 77.5 Å². The van der Waals surface area contributed by atoms with Crippen molar-refractivity contribution in [2.45, 2.75) is 26.5 Å². The van der Waals surface area contributed by atoms with Crippen molar-refractivity contribution in [1.29, 1.82) is 0 Å². The zero-order valence-corrected chi connectivity index (χ0v) is 19.0. The number of aromatic nitrogens is 1. The van der Waals surface area contributed by atoms with Crippen molar-refractivity contribution in [1.82, 2.24) is 10.3 Å². The number of methoxy groups -OCH3 is 1. The highest BCUT2D eigenvalue weighted by atomic mass is 35.5. The Morgan fingerprint density at radius 1 is 1.16 bits per heavy atom. The molecule has 1 aromatic heterocycles. The van der Waals surface area contributed by atoms with Gasteiger partial charge in [-0.25, -0.2) is 9.78 Å². The van der Waals surface area contributed by atoms with E-state index < -0.39 is 17.9 Å². The van der Waals surface area contributed by atoms with Crippen molar-refractivity contribution in [2.24, 2.45) is 5.92 Å². The molecule has 8 heteroatoms. The maximum absolute atomic E-state index is 12.7. The van der Waals surface area contributed by atoms with Crippen LogP contribution in [0.5, 0.6) is 5.75 Å². The van der Waals surface area contributed by atoms with Gasteiger partial charge in [0.05, 0.1) is 23.4 Å². The van der Waals surface area contributed by atoms with E-state index in [0.29, 0.717) is 16.3 Å². The molecule has 6 nitrogen and oxygen atoms in total. The molecule has 0 spiro atoms. The third-order valence-electron chi connectivity index (χ3n) is 4.56. The summed E-state index contributed by atoms with van der Waals surface area (Å²) in [6, 6.07) is 13.5. The largest absolute Gasteiger partial charge is 0.497 e. The van der Waals surface area contributed by atoms with Gasteiger partial charge in [-0.05, 0) is 30.2 Å². The number of benzene rings is 2. The number of rotatable bonds is 8. The number of thiazole rings is 1. The molecular weight excluding hydrogens is 436 g/mol. The van der Waals surface area contributed by atoms with Gasteiger partial charge in [-0.2, -0.15) is 0 Å². The van der Waals surface area contributed by atoms with Gasteiger partial charge in [-0.1, -0.05) is 49.7 Å². The lowest BCUT2D eigenvalue weighted by Crippen LogP contribution is -2.45. The van der Waals surface area contributed by atoms with Gasteiger partial charge in [-0.3, -0.25) is 4.79 Å². The van der Waals surface area contributed by atoms with Gasteiger partial charge in [0, 0.05) is 10.9 Å². The summed E-state index contributed by atoms with van der Waals surface area (Å²) in [5, 5.41) is 5.69. The van der Waals surface area contributed by atoms with E-state index in [4.69, 9.17) is 21.1 Å². The molecule has 0 bridgehead atoms. The van der Waals surface area contributed by atoms with Crippen LogP contribution in [0.2, 0.25) is 5.02 Å². The summed E-state index contributed by atoms with van der Waals surface area (Å²) >= 11 is 7.54. The number of ether oxygens (including phenoxy) is 2. The first-order valence-electron chi connectivity index (χ1n) is 9.70. The summed E-state index contributed by atoms with van der Waals surface area (Å²) in [5.41, 5.74) is 1.87. The second-order valence-electron chi connectivity index (χ2n) is 7.16. The van der Waals surface area contributed by atoms with E-state index in [1.54, 1.807) is 31.4 Å². The Morgan fingerprint density at radius 3 is 2.65 bits per heavy atom. The molecule has 0 fully saturated rings. The molecule has 0 radical (unpaired) electrons. The van der Waals surface area contributed by atoms with Crippen molar-refractivity contribution < 1.29 is 19.1 Å². The van der Waals surface area contributed by atoms with Gasteiger partial charge in [0.15, 0.2) is 0 Å². The van der Waals surface area contributed by atoms with Gasteiger partial charge in [0.1, 0.15) is 23.4 Å². The lowest BCUT2D eigenvalue weighted by Gasteiger charge is -2.21. The fraction of sp³-hybridized carbons (Fsp3) is 0.261. The normalized spacial score (nSPS) is 11.8. The second kappa shape index (κ2) is 10.4. The van der Waals surface area contributed by atoms with E-state index in [-0.39, 0.29) is 12.5 Å². The van der Waals surface area contributed by atoms with E-state index >= 15 is 0 Å². The molecule has 3 aromatic rings. The zero-order valence-electron chi connectivity index (χ0n) is 17.4. The van der Waals surface area contributed by atoms with E-state index in [0.717, 1.165) is 16.3 Å². The van der Waals surface area contributed by atoms with Crippen LogP contribution in [0.15, 0.2) is 53.9 Å². The molecule has 31 heavy (non-hydrogen) atoms. The highest BCUT2D eigenvalue weighted by molar-refractivity contribution is 7.13. The van der Waals surface area contributed by atoms with E-state index in [1.807, 2.05) is 43.5 Å². The van der Waals surface area contributed by atoms with Crippen LogP contribution in [0.25, 0.3) is 10.6 Å². The Bertz CT molecular complexity index is 1070. The van der Waals surface area contributed by atoms with Crippen LogP contribution in [-0.2, 0) is 16.1 Å². The molecule has 1 N–H and O–H groups in total. The summed E-state index contributed by atoms with van der Waals surface area (Å²) in [7, 11) is 1.61. The summed E-state index contributed by atoms with van der Waals surface area (Å²) in [5.74, 6) is -0.363. The second-order valence-corrected chi connectivity index (χ2v) is 8.42. The van der Waals surface area contributed by atoms with Gasteiger partial charge < -0.3 is 14.8 Å². The maximum Gasteiger partial charge on any atom is 0.329 e. The summed E-state index contributed by atoms with van der Waals surface area (Å²) in [4.78, 5) is 29.7. The molecule has 0 saturated heterocycles. The van der Waals surface area contributed by atoms with Gasteiger partial charge in [-0.15, -0.1) is 11.3 Å². The molecule has 1 amide bonds. The quantitative estimate of drug-likeness (QED) is 0.482. The van der Waals surface area contributed by atoms with Crippen LogP contribution in [0.1, 0.15) is 29.9 Å². The molecule has 1 atom stereocenters. The predicted octanol–water partition coefficient (Wildman–Crippen LogP) is 4.97. The Morgan fingerprint density at radius 2 is 1.94 bits per heavy atom. The lowest BCUT2D eigenvalue weighted by atomic mass is 10.0. The standard InChI is InChI=1S/C23H23ClN2O4S/c1-14(2)20(26-21(27)18-9-4-5-10-19(18)24)23(28)30-12-16-13-31-22(25-16)15-7-6-8-17(11-15)29-3/h4-11,13-14,20H,12H2,1-3H3,(H,26,27)/t20-/m0/s1. The number of carbonyl (C=O) groups excluding carboxylic acids is 2. The highest BCUT2D eigenvalue weighted by Crippen LogP contribution is 2.27. The molecule has 0 saturated carbocycles. The SMILES string of the molecule is COc1cccc(-c2nc(COC(=O)[C@@H](NC(=O)c3ccccc3Cl)C(C)C)cs2)c1. The molecule has 0 unspecified atom stereocenters. The first-order chi connectivity index (χ1) is 14.9. The molecule has 2 aromatic carbocycles. The minimum absolute atomic E-state index is 0.0183. The molecule has 162 valence electrons. The maximum atomic E-state index is 12.7. The van der Waals surface area contributed by atoms with Crippen LogP contribution in [-0.4, -0.2) is 30.0 Å². The van der Waals surface area contributed by atoms with Crippen LogP contribution in [0.4, 0.5) is 0 Å². The van der Waals surface area contributed by atoms with Crippen molar-refractivity contribution in [3.63, 3.8) is 0 Å².